The lowest BCUT2D eigenvalue weighted by molar-refractivity contribution is 1.29. The average molecular weight is 292 g/mol. The molecule has 2 N–H and O–H groups in total. The molecule has 0 amide bonds. The zero-order valence-corrected chi connectivity index (χ0v) is 8.46. The molecule has 3 nitrogen and oxygen atoms in total. The van der Waals surface area contributed by atoms with Crippen LogP contribution in [0, 0.1) is 5.41 Å². The normalized spacial score (nSPS) is 10.9. The van der Waals surface area contributed by atoms with Crippen molar-refractivity contribution < 1.29 is 0 Å². The van der Waals surface area contributed by atoms with Gasteiger partial charge in [-0.3, -0.25) is 5.41 Å². The molecule has 10 heavy (non-hydrogen) atoms. The summed E-state index contributed by atoms with van der Waals surface area (Å²) in [6, 6.07) is 0. The predicted molar refractivity (Wildman–Crippen MR) is 53.2 cm³/mol. The van der Waals surface area contributed by atoms with Gasteiger partial charge in [0.05, 0.1) is 3.70 Å². The Bertz CT molecular complexity index is 189. The SMILES string of the molecule is C=C(I)NC(Cl)=NC(=N)Cl. The fraction of sp³-hybridized carbons (Fsp3) is 0. The van der Waals surface area contributed by atoms with Gasteiger partial charge in [0.25, 0.3) is 0 Å². The number of nitrogens with one attached hydrogen (secondary N) is 2. The lowest BCUT2D eigenvalue weighted by atomic mass is 11.0. The molecule has 0 aliphatic rings. The Hall–Kier alpha value is 0.190. The Morgan fingerprint density at radius 3 is 2.40 bits per heavy atom. The van der Waals surface area contributed by atoms with Crippen LogP contribution in [0.15, 0.2) is 15.3 Å². The minimum absolute atomic E-state index is 0.0411. The zero-order valence-electron chi connectivity index (χ0n) is 4.79. The highest BCUT2D eigenvalue weighted by molar-refractivity contribution is 14.1. The first-order valence-electron chi connectivity index (χ1n) is 2.12. The fourth-order valence-electron chi connectivity index (χ4n) is 0.226. The Balaban J connectivity index is 3.95. The molecule has 0 heterocycles. The highest BCUT2D eigenvalue weighted by atomic mass is 127. The van der Waals surface area contributed by atoms with E-state index < -0.39 is 0 Å². The Morgan fingerprint density at radius 2 is 2.10 bits per heavy atom. The van der Waals surface area contributed by atoms with Crippen molar-refractivity contribution in [3.05, 3.63) is 10.3 Å². The maximum absolute atomic E-state index is 6.69. The van der Waals surface area contributed by atoms with Crippen LogP contribution in [0.5, 0.6) is 0 Å². The first-order valence-corrected chi connectivity index (χ1v) is 3.95. The van der Waals surface area contributed by atoms with Crippen molar-refractivity contribution >= 4 is 56.4 Å². The van der Waals surface area contributed by atoms with Crippen molar-refractivity contribution in [2.75, 3.05) is 0 Å². The summed E-state index contributed by atoms with van der Waals surface area (Å²) >= 11 is 12.4. The molecule has 0 aromatic heterocycles. The van der Waals surface area contributed by atoms with E-state index in [0.29, 0.717) is 3.70 Å². The minimum Gasteiger partial charge on any atom is -0.326 e. The van der Waals surface area contributed by atoms with E-state index in [2.05, 4.69) is 16.9 Å². The van der Waals surface area contributed by atoms with Crippen molar-refractivity contribution in [3.8, 4) is 0 Å². The number of aliphatic imine (C=N–C) groups is 1. The van der Waals surface area contributed by atoms with Crippen LogP contribution in [0.4, 0.5) is 0 Å². The van der Waals surface area contributed by atoms with Gasteiger partial charge in [-0.2, -0.15) is 4.99 Å². The van der Waals surface area contributed by atoms with Gasteiger partial charge in [0, 0.05) is 0 Å². The van der Waals surface area contributed by atoms with E-state index >= 15 is 0 Å². The number of hydrogen-bond donors (Lipinski definition) is 2. The van der Waals surface area contributed by atoms with E-state index in [9.17, 15) is 0 Å². The molecular weight excluding hydrogens is 288 g/mol. The fourth-order valence-corrected chi connectivity index (χ4v) is 0.967. The van der Waals surface area contributed by atoms with E-state index in [0.717, 1.165) is 0 Å². The van der Waals surface area contributed by atoms with Gasteiger partial charge >= 0.3 is 0 Å². The van der Waals surface area contributed by atoms with Gasteiger partial charge < -0.3 is 5.32 Å². The van der Waals surface area contributed by atoms with Crippen LogP contribution in [0.25, 0.3) is 0 Å². The molecule has 0 aromatic carbocycles. The van der Waals surface area contributed by atoms with Crippen LogP contribution in [0.2, 0.25) is 0 Å². The monoisotopic (exact) mass is 291 g/mol. The summed E-state index contributed by atoms with van der Waals surface area (Å²) < 4.78 is 0.615. The van der Waals surface area contributed by atoms with Gasteiger partial charge in [-0.1, -0.05) is 6.58 Å². The molecule has 6 heteroatoms. The van der Waals surface area contributed by atoms with Crippen molar-refractivity contribution in [1.82, 2.24) is 5.32 Å². The van der Waals surface area contributed by atoms with Crippen LogP contribution < -0.4 is 5.32 Å². The smallest absolute Gasteiger partial charge is 0.217 e. The lowest BCUT2D eigenvalue weighted by Crippen LogP contribution is -2.13. The molecular formula is C4H4Cl2IN3. The van der Waals surface area contributed by atoms with Crippen molar-refractivity contribution in [3.63, 3.8) is 0 Å². The quantitative estimate of drug-likeness (QED) is 0.331. The topological polar surface area (TPSA) is 48.2 Å². The van der Waals surface area contributed by atoms with Gasteiger partial charge in [0.2, 0.25) is 10.6 Å². The first kappa shape index (κ1) is 10.2. The largest absolute Gasteiger partial charge is 0.326 e. The summed E-state index contributed by atoms with van der Waals surface area (Å²) in [5.74, 6) is 0. The molecule has 0 unspecified atom stereocenters. The minimum atomic E-state index is -0.366. The molecule has 0 aromatic rings. The van der Waals surface area contributed by atoms with Crippen LogP contribution in [0.3, 0.4) is 0 Å². The summed E-state index contributed by atoms with van der Waals surface area (Å²) in [6.07, 6.45) is 0. The Labute approximate surface area is 82.1 Å². The lowest BCUT2D eigenvalue weighted by Gasteiger charge is -1.97. The van der Waals surface area contributed by atoms with E-state index in [1.54, 1.807) is 0 Å². The molecule has 0 aliphatic heterocycles. The highest BCUT2D eigenvalue weighted by Gasteiger charge is 1.93. The summed E-state index contributed by atoms with van der Waals surface area (Å²) in [4.78, 5) is 3.37. The standard InChI is InChI=1S/C4H4Cl2IN3/c1-2(7)9-4(6)10-3(5)8/h1H2,(H2,8,9,10). The van der Waals surface area contributed by atoms with Crippen LogP contribution in [-0.4, -0.2) is 10.6 Å². The number of hydrogen-bond acceptors (Lipinski definition) is 1. The Morgan fingerprint density at radius 1 is 1.60 bits per heavy atom. The molecule has 56 valence electrons. The zero-order chi connectivity index (χ0) is 8.15. The molecule has 0 spiro atoms. The predicted octanol–water partition coefficient (Wildman–Crippen LogP) is 2.25. The summed E-state index contributed by atoms with van der Waals surface area (Å²) in [5.41, 5.74) is 0. The van der Waals surface area contributed by atoms with Crippen molar-refractivity contribution in [2.24, 2.45) is 4.99 Å². The molecule has 0 atom stereocenters. The van der Waals surface area contributed by atoms with Crippen molar-refractivity contribution in [1.29, 1.82) is 5.41 Å². The Kier molecular flexibility index (Phi) is 5.02. The van der Waals surface area contributed by atoms with E-state index in [1.165, 1.54) is 0 Å². The molecule has 0 saturated carbocycles. The van der Waals surface area contributed by atoms with Gasteiger partial charge in [0.15, 0.2) is 0 Å². The molecule has 0 aliphatic carbocycles. The number of halogens is 3. The summed E-state index contributed by atoms with van der Waals surface area (Å²) in [5, 5.41) is 8.92. The average Bonchev–Trinajstić information content (AvgIpc) is 1.58. The maximum atomic E-state index is 6.69. The van der Waals surface area contributed by atoms with Gasteiger partial charge in [-0.05, 0) is 45.8 Å². The third kappa shape index (κ3) is 6.31. The van der Waals surface area contributed by atoms with Crippen molar-refractivity contribution in [2.45, 2.75) is 0 Å². The third-order valence-corrected chi connectivity index (χ3v) is 0.968. The van der Waals surface area contributed by atoms with Crippen LogP contribution >= 0.6 is 45.8 Å². The maximum Gasteiger partial charge on any atom is 0.217 e. The number of amidine groups is 2. The molecule has 0 fully saturated rings. The summed E-state index contributed by atoms with van der Waals surface area (Å²) in [7, 11) is 0. The molecule has 0 rings (SSSR count). The second-order valence-corrected chi connectivity index (χ2v) is 3.24. The molecule has 0 radical (unpaired) electrons. The van der Waals surface area contributed by atoms with Crippen LogP contribution in [0.1, 0.15) is 0 Å². The van der Waals surface area contributed by atoms with Gasteiger partial charge in [0.1, 0.15) is 0 Å². The summed E-state index contributed by atoms with van der Waals surface area (Å²) in [6.45, 7) is 3.50. The first-order chi connectivity index (χ1) is 4.52. The van der Waals surface area contributed by atoms with Gasteiger partial charge in [-0.25, -0.2) is 0 Å². The highest BCUT2D eigenvalue weighted by Crippen LogP contribution is 1.98. The number of nitrogens with zero attached hydrogens (tertiary/aromatic N) is 1. The van der Waals surface area contributed by atoms with E-state index in [4.69, 9.17) is 28.6 Å². The number of rotatable bonds is 1. The second-order valence-electron chi connectivity index (χ2n) is 1.22. The van der Waals surface area contributed by atoms with Gasteiger partial charge in [-0.15, -0.1) is 0 Å². The third-order valence-electron chi connectivity index (χ3n) is 0.435. The van der Waals surface area contributed by atoms with Crippen LogP contribution in [-0.2, 0) is 0 Å². The van der Waals surface area contributed by atoms with E-state index in [-0.39, 0.29) is 10.6 Å². The molecule has 0 saturated heterocycles. The molecule has 0 bridgehead atoms. The second kappa shape index (κ2) is 4.92. The van der Waals surface area contributed by atoms with E-state index in [1.807, 2.05) is 22.6 Å².